The summed E-state index contributed by atoms with van der Waals surface area (Å²) in [5.74, 6) is -0.0407. The van der Waals surface area contributed by atoms with Gasteiger partial charge in [0.1, 0.15) is 0 Å². The normalized spacial score (nSPS) is 12.3. The van der Waals surface area contributed by atoms with Crippen LogP contribution in [-0.4, -0.2) is 32.7 Å². The molecule has 0 atom stereocenters. The SMILES string of the molecule is CCN(C(=O)Cc1nnn(C(C)(C)C)n1)c1ccc(C(F)(F)F)cc1. The molecule has 2 aromatic rings. The number of likely N-dealkylation sites (N-methyl/N-ethyl adjacent to an activating group) is 1. The Hall–Kier alpha value is -2.45. The molecular formula is C16H20F3N5O. The lowest BCUT2D eigenvalue weighted by atomic mass is 10.1. The quantitative estimate of drug-likeness (QED) is 0.846. The molecular weight excluding hydrogens is 335 g/mol. The third kappa shape index (κ3) is 4.55. The van der Waals surface area contributed by atoms with Crippen molar-refractivity contribution in [2.45, 2.75) is 45.8 Å². The Morgan fingerprint density at radius 1 is 1.16 bits per heavy atom. The fourth-order valence-corrected chi connectivity index (χ4v) is 2.16. The van der Waals surface area contributed by atoms with Gasteiger partial charge in [-0.15, -0.1) is 10.2 Å². The number of halogens is 3. The van der Waals surface area contributed by atoms with Crippen LogP contribution in [0.25, 0.3) is 0 Å². The summed E-state index contributed by atoms with van der Waals surface area (Å²) < 4.78 is 37.9. The van der Waals surface area contributed by atoms with Crippen molar-refractivity contribution in [3.63, 3.8) is 0 Å². The number of hydrogen-bond acceptors (Lipinski definition) is 4. The Morgan fingerprint density at radius 3 is 2.20 bits per heavy atom. The van der Waals surface area contributed by atoms with Gasteiger partial charge < -0.3 is 4.90 Å². The summed E-state index contributed by atoms with van der Waals surface area (Å²) in [4.78, 5) is 15.3. The zero-order chi connectivity index (χ0) is 18.8. The van der Waals surface area contributed by atoms with Crippen molar-refractivity contribution in [1.82, 2.24) is 20.2 Å². The summed E-state index contributed by atoms with van der Waals surface area (Å²) in [6.45, 7) is 7.77. The Balaban J connectivity index is 2.14. The number of anilines is 1. The molecule has 9 heteroatoms. The maximum atomic E-state index is 12.6. The molecule has 0 spiro atoms. The van der Waals surface area contributed by atoms with E-state index in [9.17, 15) is 18.0 Å². The number of carbonyl (C=O) groups is 1. The maximum Gasteiger partial charge on any atom is 0.416 e. The predicted octanol–water partition coefficient (Wildman–Crippen LogP) is 3.04. The average molecular weight is 355 g/mol. The Labute approximate surface area is 143 Å². The van der Waals surface area contributed by atoms with E-state index in [2.05, 4.69) is 15.4 Å². The van der Waals surface area contributed by atoms with Gasteiger partial charge in [-0.25, -0.2) is 0 Å². The van der Waals surface area contributed by atoms with Crippen molar-refractivity contribution in [2.75, 3.05) is 11.4 Å². The number of nitrogens with zero attached hydrogens (tertiary/aromatic N) is 5. The molecule has 0 aliphatic carbocycles. The Morgan fingerprint density at radius 2 is 1.76 bits per heavy atom. The van der Waals surface area contributed by atoms with Gasteiger partial charge in [0.25, 0.3) is 0 Å². The van der Waals surface area contributed by atoms with Crippen LogP contribution in [-0.2, 0) is 22.9 Å². The molecule has 1 heterocycles. The van der Waals surface area contributed by atoms with Crippen molar-refractivity contribution in [3.05, 3.63) is 35.7 Å². The highest BCUT2D eigenvalue weighted by atomic mass is 19.4. The molecule has 6 nitrogen and oxygen atoms in total. The number of carbonyl (C=O) groups excluding carboxylic acids is 1. The van der Waals surface area contributed by atoms with Crippen LogP contribution in [0.4, 0.5) is 18.9 Å². The largest absolute Gasteiger partial charge is 0.416 e. The second-order valence-electron chi connectivity index (χ2n) is 6.53. The summed E-state index contributed by atoms with van der Waals surface area (Å²) >= 11 is 0. The molecule has 0 saturated carbocycles. The second kappa shape index (κ2) is 6.81. The lowest BCUT2D eigenvalue weighted by Gasteiger charge is -2.21. The molecule has 25 heavy (non-hydrogen) atoms. The van der Waals surface area contributed by atoms with Gasteiger partial charge in [-0.2, -0.15) is 18.0 Å². The minimum Gasteiger partial charge on any atom is -0.312 e. The van der Waals surface area contributed by atoms with Crippen LogP contribution in [0.3, 0.4) is 0 Å². The van der Waals surface area contributed by atoms with Crippen LogP contribution in [0, 0.1) is 0 Å². The topological polar surface area (TPSA) is 63.9 Å². The van der Waals surface area contributed by atoms with Crippen molar-refractivity contribution in [3.8, 4) is 0 Å². The highest BCUT2D eigenvalue weighted by Crippen LogP contribution is 2.30. The fourth-order valence-electron chi connectivity index (χ4n) is 2.16. The van der Waals surface area contributed by atoms with Crippen molar-refractivity contribution in [2.24, 2.45) is 0 Å². The molecule has 2 rings (SSSR count). The molecule has 0 aliphatic heterocycles. The van der Waals surface area contributed by atoms with E-state index in [-0.39, 0.29) is 23.7 Å². The fraction of sp³-hybridized carbons (Fsp3) is 0.500. The first-order valence-electron chi connectivity index (χ1n) is 7.79. The number of amides is 1. The lowest BCUT2D eigenvalue weighted by molar-refractivity contribution is -0.137. The summed E-state index contributed by atoms with van der Waals surface area (Å²) in [5.41, 5.74) is -0.718. The summed E-state index contributed by atoms with van der Waals surface area (Å²) in [6.07, 6.45) is -4.49. The molecule has 1 amide bonds. The van der Waals surface area contributed by atoms with Gasteiger partial charge in [0, 0.05) is 12.2 Å². The minimum atomic E-state index is -4.41. The van der Waals surface area contributed by atoms with Gasteiger partial charge in [0.2, 0.25) is 5.91 Å². The Kier molecular flexibility index (Phi) is 5.15. The first-order chi connectivity index (χ1) is 11.5. The van der Waals surface area contributed by atoms with Crippen molar-refractivity contribution >= 4 is 11.6 Å². The predicted molar refractivity (Wildman–Crippen MR) is 86.0 cm³/mol. The lowest BCUT2D eigenvalue weighted by Crippen LogP contribution is -2.32. The molecule has 0 radical (unpaired) electrons. The monoisotopic (exact) mass is 355 g/mol. The van der Waals surface area contributed by atoms with E-state index in [0.29, 0.717) is 12.2 Å². The number of alkyl halides is 3. The number of benzene rings is 1. The van der Waals surface area contributed by atoms with Crippen molar-refractivity contribution < 1.29 is 18.0 Å². The molecule has 1 aromatic heterocycles. The number of hydrogen-bond donors (Lipinski definition) is 0. The van der Waals surface area contributed by atoms with Crippen LogP contribution in [0.5, 0.6) is 0 Å². The van der Waals surface area contributed by atoms with E-state index >= 15 is 0 Å². The standard InChI is InChI=1S/C16H20F3N5O/c1-5-23(12-8-6-11(7-9-12)16(17,18)19)14(25)10-13-20-22-24(21-13)15(2,3)4/h6-9H,5,10H2,1-4H3. The van der Waals surface area contributed by atoms with Crippen LogP contribution in [0.1, 0.15) is 39.1 Å². The first-order valence-corrected chi connectivity index (χ1v) is 7.79. The summed E-state index contributed by atoms with van der Waals surface area (Å²) in [7, 11) is 0. The zero-order valence-corrected chi connectivity index (χ0v) is 14.5. The van der Waals surface area contributed by atoms with E-state index in [1.54, 1.807) is 6.92 Å². The van der Waals surface area contributed by atoms with E-state index in [1.807, 2.05) is 20.8 Å². The van der Waals surface area contributed by atoms with Crippen LogP contribution >= 0.6 is 0 Å². The van der Waals surface area contributed by atoms with Gasteiger partial charge in [-0.3, -0.25) is 4.79 Å². The van der Waals surface area contributed by atoms with Crippen molar-refractivity contribution in [1.29, 1.82) is 0 Å². The molecule has 136 valence electrons. The molecule has 0 unspecified atom stereocenters. The Bertz CT molecular complexity index is 731. The third-order valence-corrected chi connectivity index (χ3v) is 3.49. The summed E-state index contributed by atoms with van der Waals surface area (Å²) in [5, 5.41) is 12.0. The van der Waals surface area contributed by atoms with Crippen LogP contribution in [0.15, 0.2) is 24.3 Å². The first kappa shape index (κ1) is 18.9. The minimum absolute atomic E-state index is 0.0784. The third-order valence-electron chi connectivity index (χ3n) is 3.49. The van der Waals surface area contributed by atoms with Gasteiger partial charge in [0.05, 0.1) is 17.5 Å². The van der Waals surface area contributed by atoms with Gasteiger partial charge in [-0.05, 0) is 57.2 Å². The molecule has 0 saturated heterocycles. The number of aromatic nitrogens is 4. The second-order valence-corrected chi connectivity index (χ2v) is 6.53. The van der Waals surface area contributed by atoms with E-state index in [4.69, 9.17) is 0 Å². The van der Waals surface area contributed by atoms with E-state index < -0.39 is 11.7 Å². The highest BCUT2D eigenvalue weighted by molar-refractivity contribution is 5.94. The zero-order valence-electron chi connectivity index (χ0n) is 14.5. The molecule has 0 bridgehead atoms. The van der Waals surface area contributed by atoms with Gasteiger partial charge in [0.15, 0.2) is 5.82 Å². The van der Waals surface area contributed by atoms with E-state index in [0.717, 1.165) is 12.1 Å². The molecule has 1 aromatic carbocycles. The highest BCUT2D eigenvalue weighted by Gasteiger charge is 2.30. The summed E-state index contributed by atoms with van der Waals surface area (Å²) in [6, 6.07) is 4.48. The van der Waals surface area contributed by atoms with Gasteiger partial charge >= 0.3 is 6.18 Å². The number of rotatable bonds is 4. The maximum absolute atomic E-state index is 12.6. The van der Waals surface area contributed by atoms with Crippen LogP contribution in [0.2, 0.25) is 0 Å². The van der Waals surface area contributed by atoms with E-state index in [1.165, 1.54) is 21.8 Å². The van der Waals surface area contributed by atoms with Gasteiger partial charge in [-0.1, -0.05) is 0 Å². The molecule has 0 fully saturated rings. The molecule has 0 aliphatic rings. The average Bonchev–Trinajstić information content (AvgIpc) is 2.96. The molecule has 0 N–H and O–H groups in total. The number of tetrazole rings is 1. The van der Waals surface area contributed by atoms with Crippen LogP contribution < -0.4 is 4.90 Å². The smallest absolute Gasteiger partial charge is 0.312 e.